The number of rotatable bonds is 5. The van der Waals surface area contributed by atoms with Crippen LogP contribution in [0.1, 0.15) is 5.56 Å². The molecule has 5 aromatic rings. The van der Waals surface area contributed by atoms with E-state index in [-0.39, 0.29) is 18.0 Å². The van der Waals surface area contributed by atoms with Gasteiger partial charge in [0.25, 0.3) is 5.56 Å². The van der Waals surface area contributed by atoms with Crippen molar-refractivity contribution in [1.82, 2.24) is 19.3 Å². The summed E-state index contributed by atoms with van der Waals surface area (Å²) < 4.78 is 3.55. The van der Waals surface area contributed by atoms with Crippen LogP contribution in [0.4, 0.5) is 5.82 Å². The van der Waals surface area contributed by atoms with Crippen molar-refractivity contribution in [3.8, 4) is 16.9 Å². The fraction of sp³-hybridized carbons (Fsp3) is 0.0833. The number of nitrogens with zero attached hydrogens (tertiary/aromatic N) is 4. The summed E-state index contributed by atoms with van der Waals surface area (Å²) in [6.45, 7) is 1.89. The molecule has 0 spiro atoms. The van der Waals surface area contributed by atoms with E-state index in [0.29, 0.717) is 16.0 Å². The number of benzene rings is 2. The van der Waals surface area contributed by atoms with Crippen LogP contribution >= 0.6 is 11.3 Å². The molecule has 0 radical (unpaired) electrons. The lowest BCUT2D eigenvalue weighted by molar-refractivity contribution is -0.116. The SMILES string of the molecule is Cc1ccc(-c2cc(NC(=O)Cn3cnc4ccsc4c3=O)n(-c3ccccc3)n2)cc1. The molecule has 0 saturated heterocycles. The number of aryl methyl sites for hydroxylation is 1. The minimum absolute atomic E-state index is 0.139. The first kappa shape index (κ1) is 19.9. The van der Waals surface area contributed by atoms with E-state index in [1.165, 1.54) is 22.2 Å². The van der Waals surface area contributed by atoms with Gasteiger partial charge in [0.1, 0.15) is 17.1 Å². The van der Waals surface area contributed by atoms with Crippen LogP contribution in [0.25, 0.3) is 27.2 Å². The third kappa shape index (κ3) is 3.83. The number of anilines is 1. The Morgan fingerprint density at radius 1 is 1.06 bits per heavy atom. The van der Waals surface area contributed by atoms with E-state index >= 15 is 0 Å². The third-order valence-electron chi connectivity index (χ3n) is 5.07. The van der Waals surface area contributed by atoms with Crippen molar-refractivity contribution in [2.45, 2.75) is 13.5 Å². The van der Waals surface area contributed by atoms with E-state index in [4.69, 9.17) is 5.10 Å². The van der Waals surface area contributed by atoms with Crippen LogP contribution in [0.3, 0.4) is 0 Å². The molecule has 0 aliphatic rings. The number of carbonyl (C=O) groups is 1. The van der Waals surface area contributed by atoms with Gasteiger partial charge in [0.05, 0.1) is 23.2 Å². The number of nitrogens with one attached hydrogen (secondary N) is 1. The number of para-hydroxylation sites is 1. The highest BCUT2D eigenvalue weighted by Crippen LogP contribution is 2.25. The van der Waals surface area contributed by atoms with E-state index in [1.54, 1.807) is 10.7 Å². The van der Waals surface area contributed by atoms with Gasteiger partial charge in [-0.05, 0) is 30.5 Å². The minimum Gasteiger partial charge on any atom is -0.309 e. The van der Waals surface area contributed by atoms with Gasteiger partial charge in [0, 0.05) is 11.6 Å². The van der Waals surface area contributed by atoms with Gasteiger partial charge in [-0.25, -0.2) is 9.67 Å². The molecule has 32 heavy (non-hydrogen) atoms. The molecule has 158 valence electrons. The maximum atomic E-state index is 12.8. The highest BCUT2D eigenvalue weighted by molar-refractivity contribution is 7.17. The van der Waals surface area contributed by atoms with Crippen LogP contribution in [0.5, 0.6) is 0 Å². The second-order valence-electron chi connectivity index (χ2n) is 7.39. The zero-order valence-electron chi connectivity index (χ0n) is 17.2. The largest absolute Gasteiger partial charge is 0.309 e. The van der Waals surface area contributed by atoms with Crippen molar-refractivity contribution in [3.05, 3.63) is 94.4 Å². The van der Waals surface area contributed by atoms with Gasteiger partial charge in [-0.15, -0.1) is 11.3 Å². The van der Waals surface area contributed by atoms with Crippen molar-refractivity contribution in [2.24, 2.45) is 0 Å². The van der Waals surface area contributed by atoms with Crippen molar-refractivity contribution in [2.75, 3.05) is 5.32 Å². The fourth-order valence-electron chi connectivity index (χ4n) is 3.43. The maximum Gasteiger partial charge on any atom is 0.271 e. The average Bonchev–Trinajstić information content (AvgIpc) is 3.45. The molecule has 0 atom stereocenters. The van der Waals surface area contributed by atoms with Crippen molar-refractivity contribution < 1.29 is 4.79 Å². The lowest BCUT2D eigenvalue weighted by Crippen LogP contribution is -2.28. The molecule has 0 unspecified atom stereocenters. The molecule has 1 N–H and O–H groups in total. The number of amides is 1. The van der Waals surface area contributed by atoms with E-state index in [1.807, 2.05) is 73.0 Å². The van der Waals surface area contributed by atoms with Crippen molar-refractivity contribution in [3.63, 3.8) is 0 Å². The second-order valence-corrected chi connectivity index (χ2v) is 8.31. The van der Waals surface area contributed by atoms with Crippen molar-refractivity contribution >= 4 is 33.3 Å². The van der Waals surface area contributed by atoms with Crippen LogP contribution in [0.2, 0.25) is 0 Å². The molecule has 0 aliphatic carbocycles. The summed E-state index contributed by atoms with van der Waals surface area (Å²) in [5.74, 6) is 0.187. The zero-order valence-corrected chi connectivity index (χ0v) is 18.0. The van der Waals surface area contributed by atoms with Gasteiger partial charge in [0.2, 0.25) is 5.91 Å². The topological polar surface area (TPSA) is 81.8 Å². The zero-order chi connectivity index (χ0) is 22.1. The number of thiophene rings is 1. The van der Waals surface area contributed by atoms with Crippen LogP contribution in [0.15, 0.2) is 83.2 Å². The molecule has 8 heteroatoms. The second kappa shape index (κ2) is 8.24. The van der Waals surface area contributed by atoms with Crippen LogP contribution in [-0.2, 0) is 11.3 Å². The third-order valence-corrected chi connectivity index (χ3v) is 5.97. The smallest absolute Gasteiger partial charge is 0.271 e. The quantitative estimate of drug-likeness (QED) is 0.442. The summed E-state index contributed by atoms with van der Waals surface area (Å²) in [4.78, 5) is 29.7. The Kier molecular flexibility index (Phi) is 5.12. The first-order valence-electron chi connectivity index (χ1n) is 10.0. The minimum atomic E-state index is -0.336. The van der Waals surface area contributed by atoms with Gasteiger partial charge in [-0.2, -0.15) is 5.10 Å². The highest BCUT2D eigenvalue weighted by atomic mass is 32.1. The summed E-state index contributed by atoms with van der Waals surface area (Å²) in [6, 6.07) is 21.2. The predicted octanol–water partition coefficient (Wildman–Crippen LogP) is 4.26. The van der Waals surface area contributed by atoms with Crippen LogP contribution in [-0.4, -0.2) is 25.2 Å². The Bertz CT molecular complexity index is 1470. The van der Waals surface area contributed by atoms with Crippen LogP contribution < -0.4 is 10.9 Å². The van der Waals surface area contributed by atoms with E-state index < -0.39 is 0 Å². The normalized spacial score (nSPS) is 11.0. The molecule has 3 aromatic heterocycles. The number of hydrogen-bond acceptors (Lipinski definition) is 5. The Morgan fingerprint density at radius 2 is 1.84 bits per heavy atom. The van der Waals surface area contributed by atoms with E-state index in [9.17, 15) is 9.59 Å². The monoisotopic (exact) mass is 441 g/mol. The Hall–Kier alpha value is -4.04. The molecule has 0 aliphatic heterocycles. The molecule has 0 saturated carbocycles. The average molecular weight is 442 g/mol. The lowest BCUT2D eigenvalue weighted by Gasteiger charge is -2.09. The standard InChI is InChI=1S/C24H19N5O2S/c1-16-7-9-17(10-8-16)20-13-21(29(27-20)18-5-3-2-4-6-18)26-22(30)14-28-15-25-19-11-12-32-23(19)24(28)31/h2-13,15H,14H2,1H3,(H,26,30). The molecule has 2 aromatic carbocycles. The number of hydrogen-bond donors (Lipinski definition) is 1. The molecule has 3 heterocycles. The number of fused-ring (bicyclic) bond motifs is 1. The number of carbonyl (C=O) groups excluding carboxylic acids is 1. The summed E-state index contributed by atoms with van der Waals surface area (Å²) in [6.07, 6.45) is 1.41. The summed E-state index contributed by atoms with van der Waals surface area (Å²) >= 11 is 1.32. The van der Waals surface area contributed by atoms with Gasteiger partial charge in [-0.3, -0.25) is 14.2 Å². The maximum absolute atomic E-state index is 12.8. The van der Waals surface area contributed by atoms with Gasteiger partial charge in [0.15, 0.2) is 0 Å². The molecule has 1 amide bonds. The molecule has 7 nitrogen and oxygen atoms in total. The molecular weight excluding hydrogens is 422 g/mol. The summed E-state index contributed by atoms with van der Waals surface area (Å²) in [5, 5.41) is 9.43. The first-order valence-corrected chi connectivity index (χ1v) is 10.9. The van der Waals surface area contributed by atoms with E-state index in [0.717, 1.165) is 22.5 Å². The van der Waals surface area contributed by atoms with Crippen LogP contribution in [0, 0.1) is 6.92 Å². The lowest BCUT2D eigenvalue weighted by atomic mass is 10.1. The summed E-state index contributed by atoms with van der Waals surface area (Å²) in [7, 11) is 0. The Balaban J connectivity index is 1.47. The highest BCUT2D eigenvalue weighted by Gasteiger charge is 2.15. The molecule has 0 bridgehead atoms. The molecule has 0 fully saturated rings. The van der Waals surface area contributed by atoms with Crippen molar-refractivity contribution in [1.29, 1.82) is 0 Å². The summed E-state index contributed by atoms with van der Waals surface area (Å²) in [5.41, 5.74) is 4.08. The fourth-order valence-corrected chi connectivity index (χ4v) is 4.22. The Labute approximate surface area is 187 Å². The van der Waals surface area contributed by atoms with Gasteiger partial charge in [-0.1, -0.05) is 48.0 Å². The van der Waals surface area contributed by atoms with E-state index in [2.05, 4.69) is 10.3 Å². The van der Waals surface area contributed by atoms with Gasteiger partial charge < -0.3 is 5.32 Å². The molecule has 5 rings (SSSR count). The van der Waals surface area contributed by atoms with Gasteiger partial charge >= 0.3 is 0 Å². The predicted molar refractivity (Wildman–Crippen MR) is 126 cm³/mol. The first-order chi connectivity index (χ1) is 15.6. The molecular formula is C24H19N5O2S. The Morgan fingerprint density at radius 3 is 2.62 bits per heavy atom. The number of aromatic nitrogens is 4.